The molecule has 5 nitrogen and oxygen atoms in total. The third kappa shape index (κ3) is 3.77. The van der Waals surface area contributed by atoms with Crippen molar-refractivity contribution in [2.24, 2.45) is 5.92 Å². The molecule has 0 bridgehead atoms. The molecule has 5 heteroatoms. The van der Waals surface area contributed by atoms with Gasteiger partial charge >= 0.3 is 0 Å². The van der Waals surface area contributed by atoms with Crippen LogP contribution >= 0.6 is 0 Å². The highest BCUT2D eigenvalue weighted by Gasteiger charge is 2.39. The number of Topliss-reactive ketones (excluding diaryl/α,β-unsaturated/α-hetero) is 1. The molecule has 1 aromatic carbocycles. The zero-order valence-corrected chi connectivity index (χ0v) is 15.6. The molecule has 0 saturated heterocycles. The Morgan fingerprint density at radius 2 is 1.97 bits per heavy atom. The fourth-order valence-electron chi connectivity index (χ4n) is 3.60. The van der Waals surface area contributed by atoms with Gasteiger partial charge in [-0.25, -0.2) is 9.97 Å². The van der Waals surface area contributed by atoms with E-state index in [0.29, 0.717) is 16.5 Å². The number of carbonyl (C=O) groups excluding carboxylic acids is 2. The smallest absolute Gasteiger partial charge is 0.260 e. The number of rotatable bonds is 6. The Morgan fingerprint density at radius 3 is 2.79 bits per heavy atom. The van der Waals surface area contributed by atoms with Crippen molar-refractivity contribution in [2.75, 3.05) is 4.90 Å². The van der Waals surface area contributed by atoms with Gasteiger partial charge in [-0.05, 0) is 55.1 Å². The van der Waals surface area contributed by atoms with Gasteiger partial charge in [0.1, 0.15) is 11.6 Å². The first-order valence-corrected chi connectivity index (χ1v) is 9.30. The number of amides is 1. The predicted octanol–water partition coefficient (Wildman–Crippen LogP) is 5.04. The molecular formula is C24H25N3O2. The van der Waals surface area contributed by atoms with Crippen molar-refractivity contribution in [3.8, 4) is 0 Å². The van der Waals surface area contributed by atoms with E-state index in [1.54, 1.807) is 42.5 Å². The Hall–Kier alpha value is -3.08. The predicted molar refractivity (Wildman–Crippen MR) is 114 cm³/mol. The van der Waals surface area contributed by atoms with Gasteiger partial charge < -0.3 is 0 Å². The highest BCUT2D eigenvalue weighted by atomic mass is 16.2. The summed E-state index contributed by atoms with van der Waals surface area (Å²) in [7, 11) is 0. The van der Waals surface area contributed by atoms with Crippen LogP contribution in [0, 0.1) is 12.8 Å². The second kappa shape index (κ2) is 7.74. The van der Waals surface area contributed by atoms with Crippen LogP contribution < -0.4 is 4.90 Å². The summed E-state index contributed by atoms with van der Waals surface area (Å²) in [5.41, 5.74) is 0.943. The summed E-state index contributed by atoms with van der Waals surface area (Å²) < 4.78 is 68.2. The molecule has 3 heterocycles. The summed E-state index contributed by atoms with van der Waals surface area (Å²) in [5, 5.41) is 0.568. The molecule has 0 aliphatic carbocycles. The second-order valence-electron chi connectivity index (χ2n) is 7.02. The summed E-state index contributed by atoms with van der Waals surface area (Å²) in [5.74, 6) is -2.27. The number of fused-ring (bicyclic) bond motifs is 2. The number of aryl methyl sites for hydroxylation is 1. The minimum Gasteiger partial charge on any atom is -0.300 e. The number of anilines is 1. The van der Waals surface area contributed by atoms with Gasteiger partial charge in [0.05, 0.1) is 6.04 Å². The van der Waals surface area contributed by atoms with E-state index >= 15 is 0 Å². The first-order valence-electron chi connectivity index (χ1n) is 13.8. The van der Waals surface area contributed by atoms with E-state index in [4.69, 9.17) is 12.3 Å². The molecule has 3 aromatic rings. The lowest BCUT2D eigenvalue weighted by atomic mass is 9.97. The third-order valence-corrected chi connectivity index (χ3v) is 5.00. The van der Waals surface area contributed by atoms with Gasteiger partial charge in [0.2, 0.25) is 0 Å². The lowest BCUT2D eigenvalue weighted by Crippen LogP contribution is -2.30. The number of carbonyl (C=O) groups is 2. The number of aromatic nitrogens is 2. The van der Waals surface area contributed by atoms with Crippen molar-refractivity contribution in [1.82, 2.24) is 9.97 Å². The van der Waals surface area contributed by atoms with Crippen LogP contribution in [0.15, 0.2) is 48.5 Å². The van der Waals surface area contributed by atoms with Crippen LogP contribution in [-0.2, 0) is 4.79 Å². The van der Waals surface area contributed by atoms with Crippen molar-refractivity contribution >= 4 is 28.5 Å². The summed E-state index contributed by atoms with van der Waals surface area (Å²) >= 11 is 0. The molecule has 29 heavy (non-hydrogen) atoms. The molecule has 1 amide bonds. The van der Waals surface area contributed by atoms with Crippen molar-refractivity contribution in [3.63, 3.8) is 0 Å². The van der Waals surface area contributed by atoms with Crippen molar-refractivity contribution < 1.29 is 21.9 Å². The molecule has 0 radical (unpaired) electrons. The zero-order valence-electron chi connectivity index (χ0n) is 24.6. The van der Waals surface area contributed by atoms with Crippen LogP contribution in [0.1, 0.15) is 73.0 Å². The van der Waals surface area contributed by atoms with Gasteiger partial charge in [0, 0.05) is 41.8 Å². The molecule has 2 aromatic heterocycles. The van der Waals surface area contributed by atoms with Gasteiger partial charge in [0.15, 0.2) is 5.65 Å². The Kier molecular flexibility index (Phi) is 2.99. The molecule has 0 saturated carbocycles. The van der Waals surface area contributed by atoms with Crippen LogP contribution in [0.4, 0.5) is 5.82 Å². The largest absolute Gasteiger partial charge is 0.300 e. The highest BCUT2D eigenvalue weighted by Crippen LogP contribution is 2.39. The molecular weight excluding hydrogens is 362 g/mol. The summed E-state index contributed by atoms with van der Waals surface area (Å²) in [6.07, 6.45) is -0.805. The van der Waals surface area contributed by atoms with E-state index in [1.165, 1.54) is 11.0 Å². The Labute approximate surface area is 183 Å². The lowest BCUT2D eigenvalue weighted by molar-refractivity contribution is -0.119. The maximum atomic E-state index is 13.4. The lowest BCUT2D eigenvalue weighted by Gasteiger charge is -2.24. The number of pyridine rings is 2. The molecule has 1 aliphatic heterocycles. The highest BCUT2D eigenvalue weighted by molar-refractivity contribution is 6.11. The Balaban J connectivity index is 1.65. The van der Waals surface area contributed by atoms with Gasteiger partial charge in [-0.1, -0.05) is 31.9 Å². The summed E-state index contributed by atoms with van der Waals surface area (Å²) in [6, 6.07) is 12.2. The summed E-state index contributed by atoms with van der Waals surface area (Å²) in [6.45, 7) is -7.94. The number of hydrogen-bond donors (Lipinski definition) is 0. The fourth-order valence-corrected chi connectivity index (χ4v) is 3.60. The van der Waals surface area contributed by atoms with E-state index in [9.17, 15) is 9.59 Å². The average Bonchev–Trinajstić information content (AvgIpc) is 3.07. The van der Waals surface area contributed by atoms with E-state index in [0.717, 1.165) is 0 Å². The molecule has 4 rings (SSSR count). The molecule has 0 N–H and O–H groups in total. The molecule has 0 spiro atoms. The van der Waals surface area contributed by atoms with Crippen LogP contribution in [0.2, 0.25) is 0 Å². The third-order valence-electron chi connectivity index (χ3n) is 5.00. The van der Waals surface area contributed by atoms with Crippen LogP contribution in [0.5, 0.6) is 0 Å². The van der Waals surface area contributed by atoms with Crippen molar-refractivity contribution in [2.45, 2.75) is 45.9 Å². The molecule has 0 fully saturated rings. The van der Waals surface area contributed by atoms with Gasteiger partial charge in [-0.15, -0.1) is 0 Å². The van der Waals surface area contributed by atoms with Crippen molar-refractivity contribution in [1.29, 1.82) is 0 Å². The maximum Gasteiger partial charge on any atom is 0.260 e. The summed E-state index contributed by atoms with van der Waals surface area (Å²) in [4.78, 5) is 36.4. The number of nitrogens with zero attached hydrogens (tertiary/aromatic N) is 3. The van der Waals surface area contributed by atoms with Crippen LogP contribution in [0.3, 0.4) is 0 Å². The minimum atomic E-state index is -2.75. The quantitative estimate of drug-likeness (QED) is 0.586. The number of benzene rings is 1. The van der Waals surface area contributed by atoms with Gasteiger partial charge in [-0.2, -0.15) is 0 Å². The molecule has 1 aliphatic rings. The molecule has 148 valence electrons. The average molecular weight is 397 g/mol. The number of hydrogen-bond acceptors (Lipinski definition) is 4. The Bertz CT molecular complexity index is 1370. The molecule has 0 unspecified atom stereocenters. The zero-order chi connectivity index (χ0) is 28.0. The van der Waals surface area contributed by atoms with Gasteiger partial charge in [-0.3, -0.25) is 14.5 Å². The van der Waals surface area contributed by atoms with E-state index in [-0.39, 0.29) is 36.4 Å². The van der Waals surface area contributed by atoms with E-state index < -0.39 is 44.2 Å². The maximum absolute atomic E-state index is 13.4. The normalized spacial score (nSPS) is 21.8. The van der Waals surface area contributed by atoms with Crippen LogP contribution in [-0.4, -0.2) is 21.7 Å². The van der Waals surface area contributed by atoms with Crippen LogP contribution in [0.25, 0.3) is 11.0 Å². The number of ketones is 1. The second-order valence-corrected chi connectivity index (χ2v) is 7.02. The topological polar surface area (TPSA) is 63.2 Å². The monoisotopic (exact) mass is 396 g/mol. The van der Waals surface area contributed by atoms with Crippen molar-refractivity contribution in [3.05, 3.63) is 65.4 Å². The van der Waals surface area contributed by atoms with E-state index in [1.807, 2.05) is 0 Å². The standard InChI is InChI=1S/C24H25N3O2/c1-15(2)8-12-18(28)14-21-19-6-4-5-7-20(19)24(29)27(21)22-13-11-17-10-9-16(3)25-23(17)26-22/h4-7,9-11,13,15,21H,8,12,14H2,1-3H3/t21-/m0/s1/i1D3,2D3,3D3. The SMILES string of the molecule is [2H]C([2H])([2H])c1ccc2ccc(N3C(=O)c4ccccc4[C@@H]3CC(=O)CCC(C([2H])([2H])[2H])C([2H])([2H])[2H])nc2n1. The first-order chi connectivity index (χ1) is 17.6. The first kappa shape index (κ1) is 11.2. The Morgan fingerprint density at radius 1 is 1.14 bits per heavy atom. The van der Waals surface area contributed by atoms with E-state index in [2.05, 4.69) is 9.97 Å². The fraction of sp³-hybridized carbons (Fsp3) is 0.333. The van der Waals surface area contributed by atoms with Gasteiger partial charge in [0.25, 0.3) is 5.91 Å². The molecule has 1 atom stereocenters. The minimum absolute atomic E-state index is 0.128.